The van der Waals surface area contributed by atoms with E-state index in [1.165, 1.54) is 11.1 Å². The number of aromatic nitrogens is 2. The van der Waals surface area contributed by atoms with Crippen LogP contribution in [0.15, 0.2) is 23.9 Å². The second-order valence-corrected chi connectivity index (χ2v) is 4.14. The quantitative estimate of drug-likeness (QED) is 0.643. The Balaban J connectivity index is 2.63. The number of nitrogens with one attached hydrogen (secondary N) is 1. The molecule has 68 valence electrons. The summed E-state index contributed by atoms with van der Waals surface area (Å²) < 4.78 is 0. The molecule has 1 aliphatic carbocycles. The molecule has 13 heavy (non-hydrogen) atoms. The highest BCUT2D eigenvalue weighted by Crippen LogP contribution is 2.30. The second-order valence-electron chi connectivity index (χ2n) is 4.14. The zero-order valence-corrected chi connectivity index (χ0v) is 8.26. The van der Waals surface area contributed by atoms with Gasteiger partial charge in [-0.3, -0.25) is 5.10 Å². The van der Waals surface area contributed by atoms with Crippen molar-refractivity contribution in [1.29, 1.82) is 0 Å². The van der Waals surface area contributed by atoms with Gasteiger partial charge in [-0.2, -0.15) is 5.10 Å². The highest BCUT2D eigenvalue weighted by molar-refractivity contribution is 5.59. The Morgan fingerprint density at radius 2 is 2.15 bits per heavy atom. The first-order chi connectivity index (χ1) is 6.09. The van der Waals surface area contributed by atoms with Gasteiger partial charge in [0.15, 0.2) is 0 Å². The van der Waals surface area contributed by atoms with E-state index in [4.69, 9.17) is 0 Å². The van der Waals surface area contributed by atoms with Gasteiger partial charge in [0.25, 0.3) is 0 Å². The molecule has 0 radical (unpaired) electrons. The first-order valence-corrected chi connectivity index (χ1v) is 4.51. The molecule has 2 rings (SSSR count). The maximum atomic E-state index is 4.07. The molecule has 1 aromatic rings. The average molecular weight is 174 g/mol. The molecule has 1 aromatic heterocycles. The summed E-state index contributed by atoms with van der Waals surface area (Å²) in [5.74, 6) is 0. The largest absolute Gasteiger partial charge is 0.278 e. The first kappa shape index (κ1) is 8.30. The summed E-state index contributed by atoms with van der Waals surface area (Å²) in [6, 6.07) is 0. The summed E-state index contributed by atoms with van der Waals surface area (Å²) in [5, 5.41) is 7.09. The molecule has 1 heterocycles. The lowest BCUT2D eigenvalue weighted by Crippen LogP contribution is -2.12. The van der Waals surface area contributed by atoms with Crippen LogP contribution in [0, 0.1) is 0 Å². The van der Waals surface area contributed by atoms with E-state index in [2.05, 4.69) is 49.2 Å². The predicted molar refractivity (Wildman–Crippen MR) is 54.4 cm³/mol. The van der Waals surface area contributed by atoms with Crippen LogP contribution in [0.3, 0.4) is 0 Å². The van der Waals surface area contributed by atoms with Crippen molar-refractivity contribution in [2.45, 2.75) is 26.2 Å². The van der Waals surface area contributed by atoms with Crippen LogP contribution in [-0.4, -0.2) is 10.2 Å². The van der Waals surface area contributed by atoms with Gasteiger partial charge in [-0.05, 0) is 18.6 Å². The molecular weight excluding hydrogens is 160 g/mol. The molecular formula is C11H14N2. The minimum atomic E-state index is 0.0800. The number of rotatable bonds is 0. The molecule has 0 aliphatic heterocycles. The Kier molecular flexibility index (Phi) is 1.65. The molecule has 0 amide bonds. The minimum absolute atomic E-state index is 0.0800. The Morgan fingerprint density at radius 1 is 1.38 bits per heavy atom. The fourth-order valence-corrected chi connectivity index (χ4v) is 1.62. The summed E-state index contributed by atoms with van der Waals surface area (Å²) in [6.07, 6.45) is 8.43. The Bertz CT molecular complexity index is 381. The fourth-order valence-electron chi connectivity index (χ4n) is 1.62. The molecule has 0 saturated carbocycles. The first-order valence-electron chi connectivity index (χ1n) is 4.51. The number of H-pyrrole nitrogens is 1. The van der Waals surface area contributed by atoms with Crippen LogP contribution in [0.2, 0.25) is 0 Å². The van der Waals surface area contributed by atoms with E-state index in [0.717, 1.165) is 5.69 Å². The van der Waals surface area contributed by atoms with Gasteiger partial charge in [-0.1, -0.05) is 26.0 Å². The molecule has 1 aliphatic rings. The lowest BCUT2D eigenvalue weighted by Gasteiger charge is -2.18. The Morgan fingerprint density at radius 3 is 2.92 bits per heavy atom. The number of nitrogens with zero attached hydrogens (tertiary/aromatic N) is 1. The van der Waals surface area contributed by atoms with Crippen molar-refractivity contribution in [3.8, 4) is 0 Å². The van der Waals surface area contributed by atoms with E-state index in [0.29, 0.717) is 0 Å². The highest BCUT2D eigenvalue weighted by Gasteiger charge is 2.22. The number of fused-ring (bicyclic) bond motifs is 1. The van der Waals surface area contributed by atoms with Crippen molar-refractivity contribution < 1.29 is 0 Å². The van der Waals surface area contributed by atoms with Crippen molar-refractivity contribution in [2.24, 2.45) is 0 Å². The van der Waals surface area contributed by atoms with E-state index in [1.807, 2.05) is 6.20 Å². The molecule has 0 saturated heterocycles. The van der Waals surface area contributed by atoms with Crippen LogP contribution < -0.4 is 0 Å². The molecule has 0 spiro atoms. The van der Waals surface area contributed by atoms with Gasteiger partial charge < -0.3 is 0 Å². The van der Waals surface area contributed by atoms with Crippen LogP contribution in [-0.2, 0) is 5.41 Å². The van der Waals surface area contributed by atoms with E-state index < -0.39 is 0 Å². The molecule has 0 aromatic carbocycles. The van der Waals surface area contributed by atoms with Crippen molar-refractivity contribution in [1.82, 2.24) is 10.2 Å². The number of hydrogen-bond donors (Lipinski definition) is 1. The third kappa shape index (κ3) is 1.32. The monoisotopic (exact) mass is 174 g/mol. The summed E-state index contributed by atoms with van der Waals surface area (Å²) >= 11 is 0. The van der Waals surface area contributed by atoms with Crippen LogP contribution in [0.25, 0.3) is 6.08 Å². The van der Waals surface area contributed by atoms with E-state index in [9.17, 15) is 0 Å². The van der Waals surface area contributed by atoms with Gasteiger partial charge in [0.1, 0.15) is 0 Å². The summed E-state index contributed by atoms with van der Waals surface area (Å²) in [6.45, 7) is 6.50. The van der Waals surface area contributed by atoms with Crippen LogP contribution in [0.1, 0.15) is 32.0 Å². The van der Waals surface area contributed by atoms with Gasteiger partial charge in [0.05, 0.1) is 11.9 Å². The van der Waals surface area contributed by atoms with Crippen LogP contribution in [0.5, 0.6) is 0 Å². The summed E-state index contributed by atoms with van der Waals surface area (Å²) in [7, 11) is 0. The normalized spacial score (nSPS) is 19.2. The van der Waals surface area contributed by atoms with Gasteiger partial charge in [-0.25, -0.2) is 0 Å². The average Bonchev–Trinajstić information content (AvgIpc) is 2.46. The predicted octanol–water partition coefficient (Wildman–Crippen LogP) is 2.66. The highest BCUT2D eigenvalue weighted by atomic mass is 15.1. The fraction of sp³-hybridized carbons (Fsp3) is 0.364. The Hall–Kier alpha value is -1.31. The number of hydrogen-bond acceptors (Lipinski definition) is 1. The van der Waals surface area contributed by atoms with Gasteiger partial charge in [0.2, 0.25) is 0 Å². The topological polar surface area (TPSA) is 28.7 Å². The SMILES string of the molecule is CC1=Cc2[nH]ncc2C(C)(C)C=C1. The molecule has 2 heteroatoms. The van der Waals surface area contributed by atoms with Gasteiger partial charge in [0, 0.05) is 11.0 Å². The molecule has 0 bridgehead atoms. The van der Waals surface area contributed by atoms with Crippen molar-refractivity contribution in [2.75, 3.05) is 0 Å². The molecule has 2 nitrogen and oxygen atoms in total. The van der Waals surface area contributed by atoms with Crippen LogP contribution >= 0.6 is 0 Å². The van der Waals surface area contributed by atoms with Crippen molar-refractivity contribution >= 4 is 6.08 Å². The number of aromatic amines is 1. The van der Waals surface area contributed by atoms with E-state index >= 15 is 0 Å². The molecule has 0 unspecified atom stereocenters. The standard InChI is InChI=1S/C11H14N2/c1-8-4-5-11(2,3)9-7-12-13-10(9)6-8/h4-7H,1-3H3,(H,12,13). The maximum Gasteiger partial charge on any atom is 0.0621 e. The zero-order chi connectivity index (χ0) is 9.47. The minimum Gasteiger partial charge on any atom is -0.278 e. The number of allylic oxidation sites excluding steroid dienone is 3. The summed E-state index contributed by atoms with van der Waals surface area (Å²) in [4.78, 5) is 0. The summed E-state index contributed by atoms with van der Waals surface area (Å²) in [5.41, 5.74) is 3.74. The molecule has 0 atom stereocenters. The lowest BCUT2D eigenvalue weighted by atomic mass is 9.85. The maximum absolute atomic E-state index is 4.07. The zero-order valence-electron chi connectivity index (χ0n) is 8.26. The smallest absolute Gasteiger partial charge is 0.0621 e. The Labute approximate surface area is 78.4 Å². The van der Waals surface area contributed by atoms with Crippen molar-refractivity contribution in [3.63, 3.8) is 0 Å². The third-order valence-electron chi connectivity index (χ3n) is 2.50. The van der Waals surface area contributed by atoms with E-state index in [-0.39, 0.29) is 5.41 Å². The van der Waals surface area contributed by atoms with Gasteiger partial charge in [-0.15, -0.1) is 0 Å². The third-order valence-corrected chi connectivity index (χ3v) is 2.50. The van der Waals surface area contributed by atoms with E-state index in [1.54, 1.807) is 0 Å². The van der Waals surface area contributed by atoms with Gasteiger partial charge >= 0.3 is 0 Å². The lowest BCUT2D eigenvalue weighted by molar-refractivity contribution is 0.670. The second kappa shape index (κ2) is 2.59. The van der Waals surface area contributed by atoms with Crippen molar-refractivity contribution in [3.05, 3.63) is 35.2 Å². The van der Waals surface area contributed by atoms with Crippen LogP contribution in [0.4, 0.5) is 0 Å². The molecule has 1 N–H and O–H groups in total. The molecule has 0 fully saturated rings.